The molecule has 1 aromatic rings. The number of nitrogens with one attached hydrogen (secondary N) is 1. The van der Waals surface area contributed by atoms with E-state index in [0.717, 1.165) is 38.6 Å². The summed E-state index contributed by atoms with van der Waals surface area (Å²) in [6.45, 7) is 0.922. The van der Waals surface area contributed by atoms with Gasteiger partial charge in [0.25, 0.3) is 0 Å². The molecule has 0 amide bonds. The van der Waals surface area contributed by atoms with E-state index in [4.69, 9.17) is 0 Å². The first-order chi connectivity index (χ1) is 9.05. The van der Waals surface area contributed by atoms with Crippen molar-refractivity contribution in [3.63, 3.8) is 0 Å². The number of rotatable bonds is 5. The van der Waals surface area contributed by atoms with Crippen LogP contribution in [0.2, 0.25) is 0 Å². The summed E-state index contributed by atoms with van der Waals surface area (Å²) < 4.78 is 23.2. The lowest BCUT2D eigenvalue weighted by Gasteiger charge is -2.28. The van der Waals surface area contributed by atoms with Gasteiger partial charge in [-0.1, -0.05) is 36.8 Å². The molecule has 1 saturated carbocycles. The van der Waals surface area contributed by atoms with Crippen molar-refractivity contribution in [3.8, 4) is 0 Å². The molecule has 2 unspecified atom stereocenters. The molecule has 1 N–H and O–H groups in total. The molecular weight excluding hydrogens is 258 g/mol. The lowest BCUT2D eigenvalue weighted by Crippen LogP contribution is -2.39. The Morgan fingerprint density at radius 2 is 1.95 bits per heavy atom. The molecule has 1 fully saturated rings. The fraction of sp³-hybridized carbons (Fsp3) is 0.600. The van der Waals surface area contributed by atoms with Crippen LogP contribution in [-0.2, 0) is 16.3 Å². The molecule has 2 atom stereocenters. The van der Waals surface area contributed by atoms with Crippen molar-refractivity contribution in [2.24, 2.45) is 0 Å². The van der Waals surface area contributed by atoms with E-state index in [0.29, 0.717) is 6.04 Å². The van der Waals surface area contributed by atoms with Crippen molar-refractivity contribution in [3.05, 3.63) is 35.9 Å². The van der Waals surface area contributed by atoms with Crippen molar-refractivity contribution >= 4 is 9.84 Å². The van der Waals surface area contributed by atoms with Crippen LogP contribution < -0.4 is 5.32 Å². The van der Waals surface area contributed by atoms with Crippen LogP contribution in [-0.4, -0.2) is 32.5 Å². The van der Waals surface area contributed by atoms with E-state index < -0.39 is 9.84 Å². The van der Waals surface area contributed by atoms with Gasteiger partial charge in [0.05, 0.1) is 5.25 Å². The first-order valence-corrected chi connectivity index (χ1v) is 8.97. The summed E-state index contributed by atoms with van der Waals surface area (Å²) in [6.07, 6.45) is 6.08. The third-order valence-corrected chi connectivity index (χ3v) is 5.56. The second-order valence-corrected chi connectivity index (χ2v) is 7.83. The van der Waals surface area contributed by atoms with Crippen LogP contribution in [0.3, 0.4) is 0 Å². The van der Waals surface area contributed by atoms with E-state index in [9.17, 15) is 8.42 Å². The maximum absolute atomic E-state index is 11.6. The highest BCUT2D eigenvalue weighted by Crippen LogP contribution is 2.23. The zero-order valence-corrected chi connectivity index (χ0v) is 12.3. The Labute approximate surface area is 116 Å². The lowest BCUT2D eigenvalue weighted by molar-refractivity contribution is 0.374. The number of hydrogen-bond acceptors (Lipinski definition) is 3. The average Bonchev–Trinajstić information content (AvgIpc) is 2.39. The van der Waals surface area contributed by atoms with Gasteiger partial charge in [-0.05, 0) is 37.8 Å². The lowest BCUT2D eigenvalue weighted by atomic mass is 9.95. The van der Waals surface area contributed by atoms with E-state index in [1.165, 1.54) is 11.8 Å². The second-order valence-electron chi connectivity index (χ2n) is 5.50. The molecule has 19 heavy (non-hydrogen) atoms. The molecule has 1 aliphatic carbocycles. The topological polar surface area (TPSA) is 46.2 Å². The highest BCUT2D eigenvalue weighted by Gasteiger charge is 2.28. The predicted molar refractivity (Wildman–Crippen MR) is 79.0 cm³/mol. The molecule has 4 heteroatoms. The SMILES string of the molecule is CS(=O)(=O)C1CCCC(NCCc2ccccc2)C1. The highest BCUT2D eigenvalue weighted by molar-refractivity contribution is 7.91. The summed E-state index contributed by atoms with van der Waals surface area (Å²) in [4.78, 5) is 0. The van der Waals surface area contributed by atoms with Crippen LogP contribution in [0.4, 0.5) is 0 Å². The van der Waals surface area contributed by atoms with Crippen molar-refractivity contribution in [2.75, 3.05) is 12.8 Å². The molecule has 1 aromatic carbocycles. The van der Waals surface area contributed by atoms with Crippen LogP contribution in [0, 0.1) is 0 Å². The van der Waals surface area contributed by atoms with E-state index in [1.807, 2.05) is 6.07 Å². The second kappa shape index (κ2) is 6.53. The van der Waals surface area contributed by atoms with Crippen molar-refractivity contribution in [2.45, 2.75) is 43.4 Å². The molecule has 3 nitrogen and oxygen atoms in total. The molecule has 0 heterocycles. The first-order valence-electron chi connectivity index (χ1n) is 7.02. The maximum atomic E-state index is 11.6. The molecule has 0 bridgehead atoms. The third kappa shape index (κ3) is 4.62. The van der Waals surface area contributed by atoms with Crippen molar-refractivity contribution < 1.29 is 8.42 Å². The van der Waals surface area contributed by atoms with E-state index >= 15 is 0 Å². The molecule has 2 rings (SSSR count). The average molecular weight is 281 g/mol. The van der Waals surface area contributed by atoms with E-state index in [-0.39, 0.29) is 5.25 Å². The van der Waals surface area contributed by atoms with E-state index in [1.54, 1.807) is 0 Å². The van der Waals surface area contributed by atoms with Gasteiger partial charge in [0.15, 0.2) is 0 Å². The maximum Gasteiger partial charge on any atom is 0.150 e. The van der Waals surface area contributed by atoms with Gasteiger partial charge in [0.1, 0.15) is 9.84 Å². The highest BCUT2D eigenvalue weighted by atomic mass is 32.2. The van der Waals surface area contributed by atoms with Gasteiger partial charge < -0.3 is 5.32 Å². The molecule has 0 aromatic heterocycles. The van der Waals surface area contributed by atoms with Crippen LogP contribution in [0.15, 0.2) is 30.3 Å². The zero-order chi connectivity index (χ0) is 13.7. The Balaban J connectivity index is 1.77. The first kappa shape index (κ1) is 14.5. The minimum absolute atomic E-state index is 0.143. The summed E-state index contributed by atoms with van der Waals surface area (Å²) in [6, 6.07) is 10.7. The molecule has 0 saturated heterocycles. The third-order valence-electron chi connectivity index (χ3n) is 3.92. The fourth-order valence-electron chi connectivity index (χ4n) is 2.78. The molecule has 106 valence electrons. The summed E-state index contributed by atoms with van der Waals surface area (Å²) in [5.41, 5.74) is 1.32. The van der Waals surface area contributed by atoms with Gasteiger partial charge >= 0.3 is 0 Å². The minimum atomic E-state index is -2.88. The molecule has 0 aliphatic heterocycles. The molecular formula is C15H23NO2S. The standard InChI is InChI=1S/C15H23NO2S/c1-19(17,18)15-9-5-8-14(12-15)16-11-10-13-6-3-2-4-7-13/h2-4,6-7,14-16H,5,8-12H2,1H3. The largest absolute Gasteiger partial charge is 0.314 e. The van der Waals surface area contributed by atoms with Gasteiger partial charge in [-0.15, -0.1) is 0 Å². The quantitative estimate of drug-likeness (QED) is 0.900. The van der Waals surface area contributed by atoms with Gasteiger partial charge in [0, 0.05) is 12.3 Å². The van der Waals surface area contributed by atoms with Gasteiger partial charge in [-0.25, -0.2) is 8.42 Å². The summed E-state index contributed by atoms with van der Waals surface area (Å²) in [7, 11) is -2.88. The summed E-state index contributed by atoms with van der Waals surface area (Å²) >= 11 is 0. The van der Waals surface area contributed by atoms with Crippen LogP contribution in [0.25, 0.3) is 0 Å². The smallest absolute Gasteiger partial charge is 0.150 e. The summed E-state index contributed by atoms with van der Waals surface area (Å²) in [5.74, 6) is 0. The Bertz CT molecular complexity index is 484. The van der Waals surface area contributed by atoms with Gasteiger partial charge in [-0.3, -0.25) is 0 Å². The van der Waals surface area contributed by atoms with Gasteiger partial charge in [0.2, 0.25) is 0 Å². The number of benzene rings is 1. The Hall–Kier alpha value is -0.870. The molecule has 1 aliphatic rings. The zero-order valence-electron chi connectivity index (χ0n) is 11.5. The monoisotopic (exact) mass is 281 g/mol. The van der Waals surface area contributed by atoms with Gasteiger partial charge in [-0.2, -0.15) is 0 Å². The minimum Gasteiger partial charge on any atom is -0.314 e. The Morgan fingerprint density at radius 1 is 1.21 bits per heavy atom. The van der Waals surface area contributed by atoms with Crippen LogP contribution in [0.1, 0.15) is 31.2 Å². The van der Waals surface area contributed by atoms with Crippen molar-refractivity contribution in [1.29, 1.82) is 0 Å². The molecule has 0 spiro atoms. The van der Waals surface area contributed by atoms with Crippen LogP contribution >= 0.6 is 0 Å². The molecule has 0 radical (unpaired) electrons. The van der Waals surface area contributed by atoms with Crippen molar-refractivity contribution in [1.82, 2.24) is 5.32 Å². The predicted octanol–water partition coefficient (Wildman–Crippen LogP) is 2.17. The number of sulfone groups is 1. The van der Waals surface area contributed by atoms with Crippen LogP contribution in [0.5, 0.6) is 0 Å². The Morgan fingerprint density at radius 3 is 2.63 bits per heavy atom. The normalized spacial score (nSPS) is 24.3. The number of hydrogen-bond donors (Lipinski definition) is 1. The fourth-order valence-corrected chi connectivity index (χ4v) is 3.96. The summed E-state index contributed by atoms with van der Waals surface area (Å²) in [5, 5.41) is 3.36. The Kier molecular flexibility index (Phi) is 4.99. The van der Waals surface area contributed by atoms with E-state index in [2.05, 4.69) is 29.6 Å².